The molecular weight excluding hydrogens is 396 g/mol. The lowest BCUT2D eigenvalue weighted by atomic mass is 9.77. The molecule has 0 saturated carbocycles. The number of aliphatic hydroxyl groups is 1. The number of aromatic hydroxyl groups is 2. The average Bonchev–Trinajstić information content (AvgIpc) is 2.78. The highest BCUT2D eigenvalue weighted by Gasteiger charge is 2.36. The summed E-state index contributed by atoms with van der Waals surface area (Å²) >= 11 is 0. The van der Waals surface area contributed by atoms with Gasteiger partial charge in [-0.1, -0.05) is 12.1 Å². The van der Waals surface area contributed by atoms with E-state index in [0.717, 1.165) is 39.8 Å². The van der Waals surface area contributed by atoms with Crippen molar-refractivity contribution in [1.29, 1.82) is 0 Å². The van der Waals surface area contributed by atoms with Gasteiger partial charge in [0.05, 0.1) is 26.9 Å². The molecule has 0 amide bonds. The van der Waals surface area contributed by atoms with Gasteiger partial charge in [0, 0.05) is 23.1 Å². The van der Waals surface area contributed by atoms with Crippen molar-refractivity contribution in [2.24, 2.45) is 0 Å². The molecule has 0 saturated heterocycles. The molecule has 2 aliphatic rings. The van der Waals surface area contributed by atoms with Gasteiger partial charge in [0.2, 0.25) is 0 Å². The maximum atomic E-state index is 11.5. The number of hydrogen-bond acceptors (Lipinski definition) is 6. The number of rotatable bonds is 3. The van der Waals surface area contributed by atoms with E-state index in [1.165, 1.54) is 7.11 Å². The number of aryl methyl sites for hydroxylation is 1. The summed E-state index contributed by atoms with van der Waals surface area (Å²) in [6.07, 6.45) is 0.675. The van der Waals surface area contributed by atoms with Crippen molar-refractivity contribution in [3.63, 3.8) is 0 Å². The van der Waals surface area contributed by atoms with Gasteiger partial charge in [0.1, 0.15) is 17.2 Å². The Labute approximate surface area is 180 Å². The Bertz CT molecular complexity index is 1170. The van der Waals surface area contributed by atoms with Crippen molar-refractivity contribution in [1.82, 2.24) is 0 Å². The molecule has 5 rings (SSSR count). The van der Waals surface area contributed by atoms with Gasteiger partial charge >= 0.3 is 0 Å². The summed E-state index contributed by atoms with van der Waals surface area (Å²) < 4.78 is 17.0. The normalized spacial score (nSPS) is 18.9. The number of phenols is 2. The molecule has 6 heteroatoms. The molecule has 160 valence electrons. The van der Waals surface area contributed by atoms with Gasteiger partial charge in [-0.25, -0.2) is 0 Å². The van der Waals surface area contributed by atoms with Crippen molar-refractivity contribution in [3.8, 4) is 39.9 Å². The molecule has 1 aliphatic carbocycles. The van der Waals surface area contributed by atoms with E-state index in [1.54, 1.807) is 37.4 Å². The van der Waals surface area contributed by atoms with Crippen LogP contribution >= 0.6 is 0 Å². The smallest absolute Gasteiger partial charge is 0.160 e. The van der Waals surface area contributed by atoms with E-state index < -0.39 is 6.10 Å². The zero-order valence-electron chi connectivity index (χ0n) is 17.4. The Morgan fingerprint density at radius 2 is 1.74 bits per heavy atom. The molecule has 2 atom stereocenters. The Hall–Kier alpha value is -3.38. The third kappa shape index (κ3) is 3.06. The zero-order valence-corrected chi connectivity index (χ0v) is 17.4. The predicted octanol–water partition coefficient (Wildman–Crippen LogP) is 4.09. The van der Waals surface area contributed by atoms with E-state index in [1.807, 2.05) is 12.1 Å². The Balaban J connectivity index is 1.65. The molecule has 3 N–H and O–H groups in total. The van der Waals surface area contributed by atoms with Crippen LogP contribution in [0.25, 0.3) is 11.1 Å². The fraction of sp³-hybridized carbons (Fsp3) is 0.280. The number of hydrogen-bond donors (Lipinski definition) is 3. The lowest BCUT2D eigenvalue weighted by Crippen LogP contribution is -2.26. The van der Waals surface area contributed by atoms with Crippen molar-refractivity contribution >= 4 is 0 Å². The van der Waals surface area contributed by atoms with E-state index in [0.29, 0.717) is 30.3 Å². The molecule has 1 heterocycles. The number of methoxy groups -OCH3 is 2. The molecule has 3 aromatic carbocycles. The van der Waals surface area contributed by atoms with Crippen molar-refractivity contribution in [3.05, 3.63) is 64.7 Å². The SMILES string of the molecule is COc1cc([C@@H]2COc3cc(OC)c4c(c3[C@H]2O)CCc2cc(O)ccc2-4)ccc1O. The van der Waals surface area contributed by atoms with Gasteiger partial charge in [-0.05, 0) is 59.4 Å². The molecule has 31 heavy (non-hydrogen) atoms. The van der Waals surface area contributed by atoms with E-state index >= 15 is 0 Å². The topological polar surface area (TPSA) is 88.4 Å². The van der Waals surface area contributed by atoms with Gasteiger partial charge < -0.3 is 29.5 Å². The van der Waals surface area contributed by atoms with Gasteiger partial charge in [0.25, 0.3) is 0 Å². The van der Waals surface area contributed by atoms with Crippen LogP contribution in [0.5, 0.6) is 28.7 Å². The molecule has 0 unspecified atom stereocenters. The Morgan fingerprint density at radius 3 is 2.52 bits per heavy atom. The van der Waals surface area contributed by atoms with Crippen molar-refractivity contribution in [2.75, 3.05) is 20.8 Å². The third-order valence-electron chi connectivity index (χ3n) is 6.35. The lowest BCUT2D eigenvalue weighted by Gasteiger charge is -2.35. The highest BCUT2D eigenvalue weighted by molar-refractivity contribution is 5.82. The van der Waals surface area contributed by atoms with E-state index in [-0.39, 0.29) is 17.4 Å². The van der Waals surface area contributed by atoms with Crippen LogP contribution in [0.15, 0.2) is 42.5 Å². The molecule has 0 spiro atoms. The summed E-state index contributed by atoms with van der Waals surface area (Å²) in [5.74, 6) is 1.68. The molecule has 0 radical (unpaired) electrons. The Morgan fingerprint density at radius 1 is 0.935 bits per heavy atom. The van der Waals surface area contributed by atoms with E-state index in [9.17, 15) is 15.3 Å². The number of aliphatic hydroxyl groups excluding tert-OH is 1. The quantitative estimate of drug-likeness (QED) is 0.592. The second-order valence-electron chi connectivity index (χ2n) is 7.98. The van der Waals surface area contributed by atoms with Crippen LogP contribution in [0.2, 0.25) is 0 Å². The molecular formula is C25H24O6. The molecule has 6 nitrogen and oxygen atoms in total. The number of benzene rings is 3. The van der Waals surface area contributed by atoms with Gasteiger partial charge in [-0.15, -0.1) is 0 Å². The summed E-state index contributed by atoms with van der Waals surface area (Å²) in [5, 5.41) is 31.3. The highest BCUT2D eigenvalue weighted by atomic mass is 16.5. The largest absolute Gasteiger partial charge is 0.508 e. The fourth-order valence-electron chi connectivity index (χ4n) is 4.83. The first-order valence-electron chi connectivity index (χ1n) is 10.3. The summed E-state index contributed by atoms with van der Waals surface area (Å²) in [7, 11) is 3.13. The molecule has 1 aliphatic heterocycles. The summed E-state index contributed by atoms with van der Waals surface area (Å²) in [4.78, 5) is 0. The van der Waals surface area contributed by atoms with Crippen LogP contribution in [-0.4, -0.2) is 36.1 Å². The van der Waals surface area contributed by atoms with Crippen LogP contribution in [0.1, 0.15) is 34.3 Å². The first kappa shape index (κ1) is 19.6. The average molecular weight is 420 g/mol. The molecule has 0 fully saturated rings. The highest BCUT2D eigenvalue weighted by Crippen LogP contribution is 2.51. The predicted molar refractivity (Wildman–Crippen MR) is 115 cm³/mol. The van der Waals surface area contributed by atoms with Crippen LogP contribution in [-0.2, 0) is 12.8 Å². The van der Waals surface area contributed by atoms with Gasteiger partial charge in [-0.3, -0.25) is 0 Å². The zero-order chi connectivity index (χ0) is 21.7. The number of phenolic OH excluding ortho intramolecular Hbond substituents is 2. The van der Waals surface area contributed by atoms with Gasteiger partial charge in [0.15, 0.2) is 11.5 Å². The van der Waals surface area contributed by atoms with Crippen molar-refractivity contribution < 1.29 is 29.5 Å². The van der Waals surface area contributed by atoms with Crippen LogP contribution in [0, 0.1) is 0 Å². The summed E-state index contributed by atoms with van der Waals surface area (Å²) in [6.45, 7) is 0.300. The van der Waals surface area contributed by atoms with Crippen LogP contribution < -0.4 is 14.2 Å². The van der Waals surface area contributed by atoms with Crippen LogP contribution in [0.3, 0.4) is 0 Å². The lowest BCUT2D eigenvalue weighted by molar-refractivity contribution is 0.0876. The summed E-state index contributed by atoms with van der Waals surface area (Å²) in [5.41, 5.74) is 5.61. The maximum absolute atomic E-state index is 11.5. The molecule has 0 bridgehead atoms. The first-order valence-corrected chi connectivity index (χ1v) is 10.3. The second-order valence-corrected chi connectivity index (χ2v) is 7.98. The number of fused-ring (bicyclic) bond motifs is 5. The minimum atomic E-state index is -0.781. The monoisotopic (exact) mass is 420 g/mol. The molecule has 0 aromatic heterocycles. The summed E-state index contributed by atoms with van der Waals surface area (Å²) in [6, 6.07) is 12.3. The maximum Gasteiger partial charge on any atom is 0.160 e. The second kappa shape index (κ2) is 7.39. The van der Waals surface area contributed by atoms with Gasteiger partial charge in [-0.2, -0.15) is 0 Å². The van der Waals surface area contributed by atoms with Crippen LogP contribution in [0.4, 0.5) is 0 Å². The number of ether oxygens (including phenoxy) is 3. The Kier molecular flexibility index (Phi) is 4.67. The fourth-order valence-corrected chi connectivity index (χ4v) is 4.83. The minimum absolute atomic E-state index is 0.0554. The standard InChI is InChI=1S/C25H24O6/c1-29-20-10-14(4-8-19(20)27)18-12-31-22-11-21(30-2)23-16-7-5-15(26)9-13(16)3-6-17(23)24(22)25(18)28/h4-5,7-11,18,25-28H,3,6,12H2,1-2H3/t18-,25-/m0/s1. The van der Waals surface area contributed by atoms with Crippen molar-refractivity contribution in [2.45, 2.75) is 24.9 Å². The van der Waals surface area contributed by atoms with E-state index in [4.69, 9.17) is 14.2 Å². The van der Waals surface area contributed by atoms with E-state index in [2.05, 4.69) is 0 Å². The molecule has 3 aromatic rings. The first-order chi connectivity index (χ1) is 15.0. The third-order valence-corrected chi connectivity index (χ3v) is 6.35. The minimum Gasteiger partial charge on any atom is -0.508 e.